The van der Waals surface area contributed by atoms with Crippen molar-refractivity contribution < 1.29 is 9.18 Å². The molecule has 1 aromatic heterocycles. The van der Waals surface area contributed by atoms with Crippen molar-refractivity contribution in [2.45, 2.75) is 0 Å². The fourth-order valence-corrected chi connectivity index (χ4v) is 1.99. The number of benzene rings is 1. The molecule has 4 nitrogen and oxygen atoms in total. The molecular weight excluding hydrogens is 277 g/mol. The minimum Gasteiger partial charge on any atom is -0.389 e. The van der Waals surface area contributed by atoms with E-state index in [0.29, 0.717) is 11.3 Å². The summed E-state index contributed by atoms with van der Waals surface area (Å²) in [5, 5.41) is 0. The van der Waals surface area contributed by atoms with Gasteiger partial charge in [0.1, 0.15) is 4.99 Å². The number of hydrogen-bond acceptors (Lipinski definition) is 3. The third-order valence-electron chi connectivity index (χ3n) is 2.84. The average Bonchev–Trinajstić information content (AvgIpc) is 2.46. The summed E-state index contributed by atoms with van der Waals surface area (Å²) < 4.78 is 13.6. The highest BCUT2D eigenvalue weighted by Crippen LogP contribution is 2.21. The maximum atomic E-state index is 13.6. The van der Waals surface area contributed by atoms with Crippen molar-refractivity contribution in [3.8, 4) is 0 Å². The van der Waals surface area contributed by atoms with E-state index in [1.165, 1.54) is 17.2 Å². The van der Waals surface area contributed by atoms with Gasteiger partial charge in [0, 0.05) is 18.8 Å². The Balaban J connectivity index is 2.42. The number of rotatable bonds is 3. The number of carbonyl (C=O) groups excluding carboxylic acids is 1. The number of pyridine rings is 1. The SMILES string of the molecule is CN(C(=O)c1ccncc1F)c1ccccc1C(N)=S. The van der Waals surface area contributed by atoms with Crippen molar-refractivity contribution in [1.82, 2.24) is 4.98 Å². The van der Waals surface area contributed by atoms with Crippen molar-refractivity contribution in [2.24, 2.45) is 5.73 Å². The molecule has 1 heterocycles. The third kappa shape index (κ3) is 2.65. The lowest BCUT2D eigenvalue weighted by molar-refractivity contribution is 0.0989. The molecule has 0 atom stereocenters. The van der Waals surface area contributed by atoms with E-state index < -0.39 is 11.7 Å². The minimum absolute atomic E-state index is 0.0553. The molecule has 0 fully saturated rings. The molecule has 20 heavy (non-hydrogen) atoms. The first-order valence-electron chi connectivity index (χ1n) is 5.78. The van der Waals surface area contributed by atoms with Crippen LogP contribution in [0.5, 0.6) is 0 Å². The minimum atomic E-state index is -0.669. The molecule has 2 N–H and O–H groups in total. The van der Waals surface area contributed by atoms with E-state index in [1.807, 2.05) is 0 Å². The molecule has 0 aliphatic carbocycles. The number of para-hydroxylation sites is 1. The molecule has 0 aliphatic rings. The molecule has 2 aromatic rings. The van der Waals surface area contributed by atoms with Crippen molar-refractivity contribution in [3.05, 3.63) is 59.7 Å². The molecule has 0 bridgehead atoms. The van der Waals surface area contributed by atoms with Gasteiger partial charge in [-0.1, -0.05) is 24.4 Å². The molecular formula is C14H12FN3OS. The van der Waals surface area contributed by atoms with Crippen LogP contribution in [0.2, 0.25) is 0 Å². The van der Waals surface area contributed by atoms with Crippen LogP contribution in [0.25, 0.3) is 0 Å². The number of anilines is 1. The second kappa shape index (κ2) is 5.75. The summed E-state index contributed by atoms with van der Waals surface area (Å²) in [6, 6.07) is 8.26. The summed E-state index contributed by atoms with van der Waals surface area (Å²) in [5.41, 5.74) is 6.67. The quantitative estimate of drug-likeness (QED) is 0.879. The van der Waals surface area contributed by atoms with Crippen LogP contribution < -0.4 is 10.6 Å². The van der Waals surface area contributed by atoms with Crippen LogP contribution in [0.15, 0.2) is 42.7 Å². The van der Waals surface area contributed by atoms with E-state index in [-0.39, 0.29) is 10.6 Å². The van der Waals surface area contributed by atoms with Gasteiger partial charge in [-0.2, -0.15) is 0 Å². The van der Waals surface area contributed by atoms with Gasteiger partial charge in [0.05, 0.1) is 17.4 Å². The molecule has 0 spiro atoms. The van der Waals surface area contributed by atoms with E-state index >= 15 is 0 Å². The number of thiocarbonyl (C=S) groups is 1. The van der Waals surface area contributed by atoms with E-state index in [0.717, 1.165) is 6.20 Å². The molecule has 0 unspecified atom stereocenters. The Hall–Kier alpha value is -2.34. The zero-order valence-electron chi connectivity index (χ0n) is 10.7. The monoisotopic (exact) mass is 289 g/mol. The molecule has 2 rings (SSSR count). The van der Waals surface area contributed by atoms with Crippen molar-refractivity contribution in [3.63, 3.8) is 0 Å². The van der Waals surface area contributed by atoms with E-state index in [9.17, 15) is 9.18 Å². The second-order valence-electron chi connectivity index (χ2n) is 4.10. The molecule has 0 aliphatic heterocycles. The van der Waals surface area contributed by atoms with Crippen LogP contribution in [-0.2, 0) is 0 Å². The van der Waals surface area contributed by atoms with E-state index in [4.69, 9.17) is 18.0 Å². The fourth-order valence-electron chi connectivity index (χ4n) is 1.81. The Morgan fingerprint density at radius 2 is 2.00 bits per heavy atom. The number of halogens is 1. The summed E-state index contributed by atoms with van der Waals surface area (Å²) in [4.78, 5) is 17.4. The predicted octanol–water partition coefficient (Wildman–Crippen LogP) is 2.13. The van der Waals surface area contributed by atoms with Gasteiger partial charge in [0.15, 0.2) is 5.82 Å². The lowest BCUT2D eigenvalue weighted by Crippen LogP contribution is -2.29. The lowest BCUT2D eigenvalue weighted by atomic mass is 10.1. The Bertz CT molecular complexity index is 675. The zero-order valence-corrected chi connectivity index (χ0v) is 11.5. The number of aromatic nitrogens is 1. The molecule has 102 valence electrons. The maximum absolute atomic E-state index is 13.6. The van der Waals surface area contributed by atoms with Crippen LogP contribution >= 0.6 is 12.2 Å². The molecule has 6 heteroatoms. The molecule has 0 saturated heterocycles. The number of hydrogen-bond donors (Lipinski definition) is 1. The molecule has 0 saturated carbocycles. The first-order valence-corrected chi connectivity index (χ1v) is 6.19. The summed E-state index contributed by atoms with van der Waals surface area (Å²) in [6.45, 7) is 0. The van der Waals surface area contributed by atoms with Gasteiger partial charge >= 0.3 is 0 Å². The smallest absolute Gasteiger partial charge is 0.261 e. The first-order chi connectivity index (χ1) is 9.52. The predicted molar refractivity (Wildman–Crippen MR) is 79.3 cm³/mol. The van der Waals surface area contributed by atoms with Gasteiger partial charge in [0.25, 0.3) is 5.91 Å². The Morgan fingerprint density at radius 1 is 1.30 bits per heavy atom. The third-order valence-corrected chi connectivity index (χ3v) is 3.06. The van der Waals surface area contributed by atoms with Crippen molar-refractivity contribution >= 4 is 28.8 Å². The normalized spacial score (nSPS) is 10.1. The topological polar surface area (TPSA) is 59.2 Å². The van der Waals surface area contributed by atoms with Gasteiger partial charge in [0.2, 0.25) is 0 Å². The van der Waals surface area contributed by atoms with Crippen LogP contribution in [0.4, 0.5) is 10.1 Å². The van der Waals surface area contributed by atoms with Crippen LogP contribution in [0.1, 0.15) is 15.9 Å². The first kappa shape index (κ1) is 14.1. The lowest BCUT2D eigenvalue weighted by Gasteiger charge is -2.20. The van der Waals surface area contributed by atoms with Gasteiger partial charge < -0.3 is 10.6 Å². The Morgan fingerprint density at radius 3 is 2.65 bits per heavy atom. The van der Waals surface area contributed by atoms with Gasteiger partial charge in [-0.15, -0.1) is 0 Å². The average molecular weight is 289 g/mol. The van der Waals surface area contributed by atoms with Crippen molar-refractivity contribution in [2.75, 3.05) is 11.9 Å². The highest BCUT2D eigenvalue weighted by molar-refractivity contribution is 7.80. The van der Waals surface area contributed by atoms with Gasteiger partial charge in [-0.3, -0.25) is 9.78 Å². The number of carbonyl (C=O) groups is 1. The van der Waals surface area contributed by atoms with Crippen molar-refractivity contribution in [1.29, 1.82) is 0 Å². The second-order valence-corrected chi connectivity index (χ2v) is 4.54. The molecule has 1 aromatic carbocycles. The van der Waals surface area contributed by atoms with Gasteiger partial charge in [-0.05, 0) is 18.2 Å². The Labute approximate surface area is 121 Å². The maximum Gasteiger partial charge on any atom is 0.261 e. The van der Waals surface area contributed by atoms with Crippen LogP contribution in [-0.4, -0.2) is 22.9 Å². The highest BCUT2D eigenvalue weighted by Gasteiger charge is 2.19. The summed E-state index contributed by atoms with van der Waals surface area (Å²) in [7, 11) is 1.54. The summed E-state index contributed by atoms with van der Waals surface area (Å²) in [5.74, 6) is -1.16. The van der Waals surface area contributed by atoms with Gasteiger partial charge in [-0.25, -0.2) is 4.39 Å². The fraction of sp³-hybridized carbons (Fsp3) is 0.0714. The Kier molecular flexibility index (Phi) is 4.05. The van der Waals surface area contributed by atoms with Crippen LogP contribution in [0, 0.1) is 5.82 Å². The van der Waals surface area contributed by atoms with E-state index in [2.05, 4.69) is 4.98 Å². The largest absolute Gasteiger partial charge is 0.389 e. The molecule has 0 radical (unpaired) electrons. The summed E-state index contributed by atoms with van der Waals surface area (Å²) in [6.07, 6.45) is 2.37. The highest BCUT2D eigenvalue weighted by atomic mass is 32.1. The van der Waals surface area contributed by atoms with E-state index in [1.54, 1.807) is 31.3 Å². The standard InChI is InChI=1S/C14H12FN3OS/c1-18(12-5-3-2-4-10(12)13(16)20)14(19)9-6-7-17-8-11(9)15/h2-8H,1H3,(H2,16,20). The summed E-state index contributed by atoms with van der Waals surface area (Å²) >= 11 is 4.95. The number of nitrogens with two attached hydrogens (primary N) is 1. The number of amides is 1. The number of nitrogens with zero attached hydrogens (tertiary/aromatic N) is 2. The van der Waals surface area contributed by atoms with Crippen LogP contribution in [0.3, 0.4) is 0 Å². The molecule has 1 amide bonds. The zero-order chi connectivity index (χ0) is 14.7.